The largest absolute Gasteiger partial charge is 0.497 e. The lowest BCUT2D eigenvalue weighted by molar-refractivity contribution is 0.162. The van der Waals surface area contributed by atoms with Crippen LogP contribution in [0, 0.1) is 0 Å². The van der Waals surface area contributed by atoms with Gasteiger partial charge in [-0.1, -0.05) is 32.6 Å². The minimum atomic E-state index is -0.439. The van der Waals surface area contributed by atoms with Crippen LogP contribution in [0.15, 0.2) is 18.2 Å². The van der Waals surface area contributed by atoms with Crippen molar-refractivity contribution in [1.82, 2.24) is 0 Å². The van der Waals surface area contributed by atoms with Gasteiger partial charge < -0.3 is 14.6 Å². The average molecular weight is 252 g/mol. The van der Waals surface area contributed by atoms with Crippen LogP contribution in [0.1, 0.15) is 50.7 Å². The van der Waals surface area contributed by atoms with Crippen molar-refractivity contribution in [3.05, 3.63) is 23.8 Å². The topological polar surface area (TPSA) is 38.7 Å². The number of hydrogen-bond acceptors (Lipinski definition) is 3. The Kier molecular flexibility index (Phi) is 6.58. The van der Waals surface area contributed by atoms with E-state index in [9.17, 15) is 5.11 Å². The molecule has 0 saturated heterocycles. The van der Waals surface area contributed by atoms with E-state index >= 15 is 0 Å². The van der Waals surface area contributed by atoms with Gasteiger partial charge in [-0.3, -0.25) is 0 Å². The summed E-state index contributed by atoms with van der Waals surface area (Å²) in [5.74, 6) is 1.44. The average Bonchev–Trinajstić information content (AvgIpc) is 2.42. The Balaban J connectivity index is 2.63. The van der Waals surface area contributed by atoms with Crippen LogP contribution in [-0.2, 0) is 0 Å². The summed E-state index contributed by atoms with van der Waals surface area (Å²) in [4.78, 5) is 0. The van der Waals surface area contributed by atoms with Crippen molar-refractivity contribution in [2.24, 2.45) is 0 Å². The van der Waals surface area contributed by atoms with Gasteiger partial charge in [0.05, 0.1) is 20.3 Å². The van der Waals surface area contributed by atoms with Crippen molar-refractivity contribution in [3.63, 3.8) is 0 Å². The molecular weight excluding hydrogens is 228 g/mol. The number of rotatable bonds is 8. The van der Waals surface area contributed by atoms with Crippen molar-refractivity contribution in [3.8, 4) is 11.5 Å². The number of ether oxygens (including phenoxy) is 2. The number of methoxy groups -OCH3 is 2. The van der Waals surface area contributed by atoms with E-state index in [-0.39, 0.29) is 0 Å². The van der Waals surface area contributed by atoms with Crippen LogP contribution in [0.2, 0.25) is 0 Å². The lowest BCUT2D eigenvalue weighted by Gasteiger charge is -2.13. The molecule has 1 aromatic rings. The molecule has 18 heavy (non-hydrogen) atoms. The Bertz CT molecular complexity index is 327. The highest BCUT2D eigenvalue weighted by molar-refractivity contribution is 5.39. The molecule has 0 unspecified atom stereocenters. The fourth-order valence-electron chi connectivity index (χ4n) is 1.95. The Morgan fingerprint density at radius 1 is 1.00 bits per heavy atom. The van der Waals surface area contributed by atoms with Gasteiger partial charge in [0.2, 0.25) is 0 Å². The summed E-state index contributed by atoms with van der Waals surface area (Å²) in [6.45, 7) is 2.18. The van der Waals surface area contributed by atoms with Crippen LogP contribution < -0.4 is 9.47 Å². The maximum Gasteiger partial charge on any atom is 0.122 e. The summed E-state index contributed by atoms with van der Waals surface area (Å²) < 4.78 is 10.4. The summed E-state index contributed by atoms with van der Waals surface area (Å²) >= 11 is 0. The summed E-state index contributed by atoms with van der Waals surface area (Å²) in [7, 11) is 3.23. The number of hydrogen-bond donors (Lipinski definition) is 1. The normalized spacial score (nSPS) is 12.2. The third-order valence-corrected chi connectivity index (χ3v) is 3.09. The van der Waals surface area contributed by atoms with E-state index in [0.29, 0.717) is 0 Å². The zero-order chi connectivity index (χ0) is 13.4. The SMILES string of the molecule is CCCCCC[C@@H](O)c1cc(OC)cc(OC)c1. The van der Waals surface area contributed by atoms with Gasteiger partial charge >= 0.3 is 0 Å². The van der Waals surface area contributed by atoms with E-state index in [1.54, 1.807) is 14.2 Å². The van der Waals surface area contributed by atoms with Crippen molar-refractivity contribution >= 4 is 0 Å². The first-order valence-electron chi connectivity index (χ1n) is 6.62. The van der Waals surface area contributed by atoms with Gasteiger partial charge in [-0.05, 0) is 24.1 Å². The molecule has 0 aliphatic rings. The standard InChI is InChI=1S/C15H24O3/c1-4-5-6-7-8-15(16)12-9-13(17-2)11-14(10-12)18-3/h9-11,15-16H,4-8H2,1-3H3/t15-/m1/s1. The molecule has 0 saturated carbocycles. The van der Waals surface area contributed by atoms with Gasteiger partial charge in [-0.2, -0.15) is 0 Å². The van der Waals surface area contributed by atoms with E-state index in [0.717, 1.165) is 29.9 Å². The smallest absolute Gasteiger partial charge is 0.122 e. The van der Waals surface area contributed by atoms with Gasteiger partial charge in [0.25, 0.3) is 0 Å². The lowest BCUT2D eigenvalue weighted by Crippen LogP contribution is -1.99. The molecule has 3 nitrogen and oxygen atoms in total. The number of unbranched alkanes of at least 4 members (excludes halogenated alkanes) is 3. The second kappa shape index (κ2) is 7.98. The van der Waals surface area contributed by atoms with Crippen LogP contribution in [0.25, 0.3) is 0 Å². The molecule has 1 N–H and O–H groups in total. The molecule has 0 fully saturated rings. The monoisotopic (exact) mass is 252 g/mol. The van der Waals surface area contributed by atoms with E-state index in [1.165, 1.54) is 19.3 Å². The highest BCUT2D eigenvalue weighted by atomic mass is 16.5. The Hall–Kier alpha value is -1.22. The van der Waals surface area contributed by atoms with Gasteiger partial charge in [-0.15, -0.1) is 0 Å². The van der Waals surface area contributed by atoms with Crippen molar-refractivity contribution in [2.75, 3.05) is 14.2 Å². The third-order valence-electron chi connectivity index (χ3n) is 3.09. The molecule has 0 amide bonds. The molecule has 0 aliphatic heterocycles. The fraction of sp³-hybridized carbons (Fsp3) is 0.600. The number of aliphatic hydroxyl groups is 1. The van der Waals surface area contributed by atoms with Crippen molar-refractivity contribution in [1.29, 1.82) is 0 Å². The molecular formula is C15H24O3. The minimum absolute atomic E-state index is 0.439. The molecule has 0 aliphatic carbocycles. The molecule has 1 aromatic carbocycles. The van der Waals surface area contributed by atoms with E-state index in [4.69, 9.17) is 9.47 Å². The van der Waals surface area contributed by atoms with Gasteiger partial charge in [0.1, 0.15) is 11.5 Å². The summed E-state index contributed by atoms with van der Waals surface area (Å²) in [5.41, 5.74) is 0.864. The van der Waals surface area contributed by atoms with Crippen LogP contribution in [0.5, 0.6) is 11.5 Å². The number of benzene rings is 1. The summed E-state index contributed by atoms with van der Waals surface area (Å²) in [5, 5.41) is 10.1. The van der Waals surface area contributed by atoms with Crippen LogP contribution in [-0.4, -0.2) is 19.3 Å². The second-order valence-electron chi connectivity index (χ2n) is 4.51. The highest BCUT2D eigenvalue weighted by Crippen LogP contribution is 2.28. The minimum Gasteiger partial charge on any atom is -0.497 e. The Morgan fingerprint density at radius 2 is 1.61 bits per heavy atom. The fourth-order valence-corrected chi connectivity index (χ4v) is 1.95. The van der Waals surface area contributed by atoms with Crippen LogP contribution >= 0.6 is 0 Å². The molecule has 0 heterocycles. The molecule has 0 aromatic heterocycles. The Morgan fingerprint density at radius 3 is 2.11 bits per heavy atom. The zero-order valence-corrected chi connectivity index (χ0v) is 11.6. The predicted molar refractivity (Wildman–Crippen MR) is 73.3 cm³/mol. The summed E-state index contributed by atoms with van der Waals surface area (Å²) in [6.07, 6.45) is 5.02. The van der Waals surface area contributed by atoms with Gasteiger partial charge in [-0.25, -0.2) is 0 Å². The maximum atomic E-state index is 10.1. The van der Waals surface area contributed by atoms with Crippen molar-refractivity contribution < 1.29 is 14.6 Å². The van der Waals surface area contributed by atoms with E-state index in [1.807, 2.05) is 18.2 Å². The maximum absolute atomic E-state index is 10.1. The molecule has 1 rings (SSSR count). The first-order valence-corrected chi connectivity index (χ1v) is 6.62. The van der Waals surface area contributed by atoms with Crippen LogP contribution in [0.4, 0.5) is 0 Å². The first-order chi connectivity index (χ1) is 8.71. The number of aliphatic hydroxyl groups excluding tert-OH is 1. The molecule has 1 atom stereocenters. The lowest BCUT2D eigenvalue weighted by atomic mass is 10.0. The quantitative estimate of drug-likeness (QED) is 0.717. The molecule has 0 radical (unpaired) electrons. The van der Waals surface area contributed by atoms with Crippen molar-refractivity contribution in [2.45, 2.75) is 45.1 Å². The molecule has 0 bridgehead atoms. The zero-order valence-electron chi connectivity index (χ0n) is 11.6. The third kappa shape index (κ3) is 4.57. The van der Waals surface area contributed by atoms with Gasteiger partial charge in [0.15, 0.2) is 0 Å². The predicted octanol–water partition coefficient (Wildman–Crippen LogP) is 3.71. The van der Waals surface area contributed by atoms with E-state index in [2.05, 4.69) is 6.92 Å². The Labute approximate surface area is 110 Å². The highest BCUT2D eigenvalue weighted by Gasteiger charge is 2.10. The first kappa shape index (κ1) is 14.8. The van der Waals surface area contributed by atoms with E-state index < -0.39 is 6.10 Å². The second-order valence-corrected chi connectivity index (χ2v) is 4.51. The molecule has 3 heteroatoms. The molecule has 0 spiro atoms. The summed E-state index contributed by atoms with van der Waals surface area (Å²) in [6, 6.07) is 5.55. The van der Waals surface area contributed by atoms with Gasteiger partial charge in [0, 0.05) is 6.07 Å². The van der Waals surface area contributed by atoms with Crippen LogP contribution in [0.3, 0.4) is 0 Å². The molecule has 102 valence electrons.